The molecule has 0 aromatic heterocycles. The lowest BCUT2D eigenvalue weighted by Crippen LogP contribution is -2.29. The van der Waals surface area contributed by atoms with E-state index in [0.717, 1.165) is 4.90 Å². The maximum atomic E-state index is 13.0. The van der Waals surface area contributed by atoms with E-state index in [1.165, 1.54) is 56.7 Å². The van der Waals surface area contributed by atoms with Crippen molar-refractivity contribution in [2.45, 2.75) is 0 Å². The van der Waals surface area contributed by atoms with Crippen molar-refractivity contribution in [2.24, 2.45) is 0 Å². The van der Waals surface area contributed by atoms with Crippen molar-refractivity contribution in [2.75, 3.05) is 25.7 Å². The fourth-order valence-electron chi connectivity index (χ4n) is 3.54. The number of carbonyl (C=O) groups is 5. The number of amides is 2. The topological polar surface area (TPSA) is 116 Å². The van der Waals surface area contributed by atoms with Gasteiger partial charge in [-0.25, -0.2) is 14.5 Å². The zero-order valence-corrected chi connectivity index (χ0v) is 18.8. The third kappa shape index (κ3) is 4.51. The van der Waals surface area contributed by atoms with E-state index in [4.69, 9.17) is 9.47 Å². The molecule has 3 aromatic rings. The largest absolute Gasteiger partial charge is 0.497 e. The molecular weight excluding hydrogens is 454 g/mol. The molecule has 1 aliphatic rings. The molecule has 1 aliphatic heterocycles. The molecule has 0 bridgehead atoms. The van der Waals surface area contributed by atoms with Gasteiger partial charge >= 0.3 is 11.9 Å². The highest BCUT2D eigenvalue weighted by Gasteiger charge is 2.37. The first-order valence-corrected chi connectivity index (χ1v) is 10.4. The van der Waals surface area contributed by atoms with Crippen LogP contribution in [0.1, 0.15) is 51.8 Å². The summed E-state index contributed by atoms with van der Waals surface area (Å²) in [6.07, 6.45) is 0. The van der Waals surface area contributed by atoms with Gasteiger partial charge in [0, 0.05) is 5.56 Å². The number of methoxy groups -OCH3 is 2. The van der Waals surface area contributed by atoms with E-state index in [1.54, 1.807) is 24.3 Å². The Kier molecular flexibility index (Phi) is 6.41. The number of benzene rings is 3. The van der Waals surface area contributed by atoms with Crippen molar-refractivity contribution in [1.29, 1.82) is 0 Å². The van der Waals surface area contributed by atoms with Crippen LogP contribution in [0.5, 0.6) is 5.75 Å². The molecule has 35 heavy (non-hydrogen) atoms. The molecule has 0 unspecified atom stereocenters. The molecule has 1 heterocycles. The van der Waals surface area contributed by atoms with Crippen molar-refractivity contribution >= 4 is 35.2 Å². The number of anilines is 1. The minimum atomic E-state index is -0.809. The van der Waals surface area contributed by atoms with Crippen molar-refractivity contribution in [3.63, 3.8) is 0 Å². The summed E-state index contributed by atoms with van der Waals surface area (Å²) in [7, 11) is 2.76. The predicted octanol–water partition coefficient (Wildman–Crippen LogP) is 3.32. The maximum Gasteiger partial charge on any atom is 0.338 e. The van der Waals surface area contributed by atoms with Crippen LogP contribution in [0, 0.1) is 0 Å². The smallest absolute Gasteiger partial charge is 0.338 e. The first-order chi connectivity index (χ1) is 16.8. The molecule has 3 aromatic carbocycles. The van der Waals surface area contributed by atoms with Crippen LogP contribution in [0.25, 0.3) is 0 Å². The SMILES string of the molecule is COC(=O)c1ccc(N2C(=O)c3ccc(C(=O)OCC(=O)c4ccc(OC)cc4)cc3C2=O)cc1. The third-order valence-electron chi connectivity index (χ3n) is 5.42. The van der Waals surface area contributed by atoms with E-state index in [1.807, 2.05) is 0 Å². The first kappa shape index (κ1) is 23.4. The summed E-state index contributed by atoms with van der Waals surface area (Å²) < 4.78 is 14.8. The number of Topliss-reactive ketones (excluding diaryl/α,β-unsaturated/α-hetero) is 1. The van der Waals surface area contributed by atoms with Crippen molar-refractivity contribution in [1.82, 2.24) is 0 Å². The van der Waals surface area contributed by atoms with Gasteiger partial charge in [-0.3, -0.25) is 14.4 Å². The van der Waals surface area contributed by atoms with Gasteiger partial charge in [0.2, 0.25) is 0 Å². The van der Waals surface area contributed by atoms with Crippen LogP contribution in [0.3, 0.4) is 0 Å². The molecule has 0 aliphatic carbocycles. The Hall–Kier alpha value is -4.79. The molecule has 176 valence electrons. The number of hydrogen-bond donors (Lipinski definition) is 0. The summed E-state index contributed by atoms with van der Waals surface area (Å²) in [6, 6.07) is 16.1. The molecule has 0 spiro atoms. The molecule has 0 fully saturated rings. The molecule has 2 amide bonds. The monoisotopic (exact) mass is 473 g/mol. The quantitative estimate of drug-likeness (QED) is 0.292. The maximum absolute atomic E-state index is 13.0. The van der Waals surface area contributed by atoms with Crippen LogP contribution in [0.2, 0.25) is 0 Å². The highest BCUT2D eigenvalue weighted by molar-refractivity contribution is 6.34. The van der Waals surface area contributed by atoms with Gasteiger partial charge in [-0.15, -0.1) is 0 Å². The lowest BCUT2D eigenvalue weighted by atomic mass is 10.1. The van der Waals surface area contributed by atoms with E-state index in [9.17, 15) is 24.0 Å². The second kappa shape index (κ2) is 9.60. The van der Waals surface area contributed by atoms with Gasteiger partial charge in [-0.1, -0.05) is 0 Å². The summed E-state index contributed by atoms with van der Waals surface area (Å²) in [4.78, 5) is 63.1. The van der Waals surface area contributed by atoms with E-state index in [0.29, 0.717) is 11.3 Å². The summed E-state index contributed by atoms with van der Waals surface area (Å²) in [5.41, 5.74) is 1.05. The van der Waals surface area contributed by atoms with Gasteiger partial charge in [0.25, 0.3) is 11.8 Å². The lowest BCUT2D eigenvalue weighted by Gasteiger charge is -2.14. The zero-order chi connectivity index (χ0) is 25.1. The van der Waals surface area contributed by atoms with Crippen molar-refractivity contribution in [3.05, 3.63) is 94.5 Å². The van der Waals surface area contributed by atoms with E-state index < -0.39 is 36.1 Å². The molecule has 4 rings (SSSR count). The van der Waals surface area contributed by atoms with Crippen molar-refractivity contribution < 1.29 is 38.2 Å². The fraction of sp³-hybridized carbons (Fsp3) is 0.115. The van der Waals surface area contributed by atoms with Crippen LogP contribution in [-0.2, 0) is 9.47 Å². The van der Waals surface area contributed by atoms with Crippen LogP contribution < -0.4 is 9.64 Å². The minimum absolute atomic E-state index is 0.0234. The third-order valence-corrected chi connectivity index (χ3v) is 5.42. The number of esters is 2. The number of ether oxygens (including phenoxy) is 3. The van der Waals surface area contributed by atoms with E-state index in [2.05, 4.69) is 4.74 Å². The Morgan fingerprint density at radius 1 is 0.714 bits per heavy atom. The van der Waals surface area contributed by atoms with Gasteiger partial charge in [0.05, 0.1) is 42.2 Å². The number of ketones is 1. The molecule has 0 saturated carbocycles. The summed E-state index contributed by atoms with van der Waals surface area (Å²) >= 11 is 0. The second-order valence-electron chi connectivity index (χ2n) is 7.47. The Labute approximate surface area is 199 Å². The number of imide groups is 1. The Morgan fingerprint density at radius 3 is 1.94 bits per heavy atom. The van der Waals surface area contributed by atoms with Gasteiger partial charge < -0.3 is 14.2 Å². The molecule has 0 atom stereocenters. The predicted molar refractivity (Wildman–Crippen MR) is 123 cm³/mol. The van der Waals surface area contributed by atoms with Gasteiger partial charge in [0.15, 0.2) is 12.4 Å². The average molecular weight is 473 g/mol. The van der Waals surface area contributed by atoms with E-state index in [-0.39, 0.29) is 27.9 Å². The standard InChI is InChI=1S/C26H19NO8/c1-33-19-10-5-15(6-11-19)22(28)14-35-26(32)17-7-12-20-21(13-17)24(30)27(23(20)29)18-8-3-16(4-9-18)25(31)34-2/h3-13H,14H2,1-2H3. The number of hydrogen-bond acceptors (Lipinski definition) is 8. The van der Waals surface area contributed by atoms with Crippen LogP contribution in [0.4, 0.5) is 5.69 Å². The van der Waals surface area contributed by atoms with Gasteiger partial charge in [-0.2, -0.15) is 0 Å². The number of fused-ring (bicyclic) bond motifs is 1. The zero-order valence-electron chi connectivity index (χ0n) is 18.8. The minimum Gasteiger partial charge on any atom is -0.497 e. The van der Waals surface area contributed by atoms with Crippen LogP contribution in [0.15, 0.2) is 66.7 Å². The second-order valence-corrected chi connectivity index (χ2v) is 7.47. The number of nitrogens with zero attached hydrogens (tertiary/aromatic N) is 1. The molecule has 9 nitrogen and oxygen atoms in total. The molecule has 0 N–H and O–H groups in total. The Balaban J connectivity index is 1.47. The van der Waals surface area contributed by atoms with Gasteiger partial charge in [0.1, 0.15) is 5.75 Å². The Morgan fingerprint density at radius 2 is 1.31 bits per heavy atom. The van der Waals surface area contributed by atoms with Crippen molar-refractivity contribution in [3.8, 4) is 5.75 Å². The molecule has 0 saturated heterocycles. The van der Waals surface area contributed by atoms with Gasteiger partial charge in [-0.05, 0) is 66.7 Å². The van der Waals surface area contributed by atoms with E-state index >= 15 is 0 Å². The highest BCUT2D eigenvalue weighted by Crippen LogP contribution is 2.29. The average Bonchev–Trinajstić information content (AvgIpc) is 3.15. The molecular formula is C26H19NO8. The summed E-state index contributed by atoms with van der Waals surface area (Å²) in [6.45, 7) is -0.492. The fourth-order valence-corrected chi connectivity index (χ4v) is 3.54. The van der Waals surface area contributed by atoms with Crippen LogP contribution in [-0.4, -0.2) is 50.4 Å². The highest BCUT2D eigenvalue weighted by atomic mass is 16.5. The lowest BCUT2D eigenvalue weighted by molar-refractivity contribution is 0.0474. The molecule has 0 radical (unpaired) electrons. The van der Waals surface area contributed by atoms with Crippen LogP contribution >= 0.6 is 0 Å². The summed E-state index contributed by atoms with van der Waals surface area (Å²) in [5.74, 6) is -2.37. The normalized spacial score (nSPS) is 12.2. The Bertz CT molecular complexity index is 1340. The molecule has 9 heteroatoms. The number of carbonyl (C=O) groups excluding carboxylic acids is 5. The summed E-state index contributed by atoms with van der Waals surface area (Å²) in [5, 5.41) is 0. The number of rotatable bonds is 7. The first-order valence-electron chi connectivity index (χ1n) is 10.4.